The Morgan fingerprint density at radius 2 is 1.81 bits per heavy atom. The zero-order valence-corrected chi connectivity index (χ0v) is 12.6. The van der Waals surface area contributed by atoms with E-state index in [1.54, 1.807) is 30.3 Å². The first-order chi connectivity index (χ1) is 9.94. The van der Waals surface area contributed by atoms with Crippen LogP contribution in [0.2, 0.25) is 0 Å². The summed E-state index contributed by atoms with van der Waals surface area (Å²) >= 11 is 0. The van der Waals surface area contributed by atoms with E-state index in [-0.39, 0.29) is 10.5 Å². The van der Waals surface area contributed by atoms with Crippen LogP contribution in [-0.2, 0) is 10.0 Å². The van der Waals surface area contributed by atoms with Crippen molar-refractivity contribution in [1.82, 2.24) is 0 Å². The molecular weight excluding hydrogens is 286 g/mol. The summed E-state index contributed by atoms with van der Waals surface area (Å²) in [4.78, 5) is 1.85. The van der Waals surface area contributed by atoms with Gasteiger partial charge in [0.1, 0.15) is 11.0 Å². The van der Waals surface area contributed by atoms with Crippen LogP contribution >= 0.6 is 0 Å². The second-order valence-electron chi connectivity index (χ2n) is 4.66. The first-order valence-corrected chi connectivity index (χ1v) is 7.72. The van der Waals surface area contributed by atoms with Crippen molar-refractivity contribution in [3.8, 4) is 6.07 Å². The number of rotatable bonds is 4. The van der Waals surface area contributed by atoms with Gasteiger partial charge in [-0.25, -0.2) is 8.42 Å². The maximum Gasteiger partial charge on any atom is 0.263 e. The lowest BCUT2D eigenvalue weighted by Crippen LogP contribution is -2.15. The number of nitrogens with zero attached hydrogens (tertiary/aromatic N) is 2. The van der Waals surface area contributed by atoms with Gasteiger partial charge in [0.15, 0.2) is 0 Å². The minimum atomic E-state index is -3.79. The highest BCUT2D eigenvalue weighted by atomic mass is 32.2. The molecule has 0 bridgehead atoms. The molecule has 0 saturated heterocycles. The van der Waals surface area contributed by atoms with E-state index in [2.05, 4.69) is 4.72 Å². The van der Waals surface area contributed by atoms with Gasteiger partial charge in [0.2, 0.25) is 0 Å². The van der Waals surface area contributed by atoms with Gasteiger partial charge in [-0.15, -0.1) is 0 Å². The van der Waals surface area contributed by atoms with Crippen molar-refractivity contribution in [2.24, 2.45) is 0 Å². The Balaban J connectivity index is 2.38. The zero-order valence-electron chi connectivity index (χ0n) is 11.7. The average Bonchev–Trinajstić information content (AvgIpc) is 2.47. The normalized spacial score (nSPS) is 10.7. The van der Waals surface area contributed by atoms with Crippen LogP contribution in [0, 0.1) is 11.3 Å². The van der Waals surface area contributed by atoms with E-state index in [0.717, 1.165) is 5.69 Å². The van der Waals surface area contributed by atoms with Crippen LogP contribution in [0.3, 0.4) is 0 Å². The molecule has 0 atom stereocenters. The Morgan fingerprint density at radius 1 is 1.10 bits per heavy atom. The highest BCUT2D eigenvalue weighted by Gasteiger charge is 2.18. The monoisotopic (exact) mass is 301 g/mol. The Morgan fingerprint density at radius 3 is 2.48 bits per heavy atom. The predicted octanol–water partition coefficient (Wildman–Crippen LogP) is 2.43. The van der Waals surface area contributed by atoms with E-state index in [4.69, 9.17) is 5.26 Å². The minimum absolute atomic E-state index is 0.0252. The summed E-state index contributed by atoms with van der Waals surface area (Å²) in [6, 6.07) is 15.0. The van der Waals surface area contributed by atoms with Gasteiger partial charge < -0.3 is 4.90 Å². The van der Waals surface area contributed by atoms with Crippen molar-refractivity contribution in [2.75, 3.05) is 23.7 Å². The molecule has 5 nitrogen and oxygen atoms in total. The molecule has 0 aromatic heterocycles. The third-order valence-corrected chi connectivity index (χ3v) is 4.35. The molecule has 0 aliphatic carbocycles. The van der Waals surface area contributed by atoms with Gasteiger partial charge in [-0.2, -0.15) is 5.26 Å². The number of nitriles is 1. The Bertz CT molecular complexity index is 793. The summed E-state index contributed by atoms with van der Waals surface area (Å²) in [6.07, 6.45) is 0. The van der Waals surface area contributed by atoms with E-state index in [0.29, 0.717) is 5.69 Å². The lowest BCUT2D eigenvalue weighted by atomic mass is 10.2. The molecule has 0 unspecified atom stereocenters. The highest BCUT2D eigenvalue weighted by molar-refractivity contribution is 7.92. The van der Waals surface area contributed by atoms with Crippen molar-refractivity contribution >= 4 is 21.4 Å². The molecule has 6 heteroatoms. The minimum Gasteiger partial charge on any atom is -0.378 e. The zero-order chi connectivity index (χ0) is 15.5. The summed E-state index contributed by atoms with van der Waals surface area (Å²) in [5.74, 6) is 0. The highest BCUT2D eigenvalue weighted by Crippen LogP contribution is 2.22. The van der Waals surface area contributed by atoms with Crippen LogP contribution < -0.4 is 9.62 Å². The Hall–Kier alpha value is -2.52. The third-order valence-electron chi connectivity index (χ3n) is 2.91. The topological polar surface area (TPSA) is 73.2 Å². The molecule has 0 saturated carbocycles. The maximum atomic E-state index is 12.4. The molecule has 0 radical (unpaired) electrons. The van der Waals surface area contributed by atoms with Gasteiger partial charge in [-0.3, -0.25) is 4.72 Å². The van der Waals surface area contributed by atoms with Crippen LogP contribution in [0.1, 0.15) is 5.56 Å². The van der Waals surface area contributed by atoms with Gasteiger partial charge in [0.25, 0.3) is 10.0 Å². The fraction of sp³-hybridized carbons (Fsp3) is 0.133. The van der Waals surface area contributed by atoms with Crippen molar-refractivity contribution in [1.29, 1.82) is 5.26 Å². The van der Waals surface area contributed by atoms with Crippen molar-refractivity contribution < 1.29 is 8.42 Å². The van der Waals surface area contributed by atoms with E-state index in [9.17, 15) is 8.42 Å². The second-order valence-corrected chi connectivity index (χ2v) is 6.31. The SMILES string of the molecule is CN(C)c1cccc(NS(=O)(=O)c2ccccc2C#N)c1. The molecule has 0 heterocycles. The van der Waals surface area contributed by atoms with E-state index < -0.39 is 10.0 Å². The molecule has 21 heavy (non-hydrogen) atoms. The molecule has 1 N–H and O–H groups in total. The number of sulfonamides is 1. The quantitative estimate of drug-likeness (QED) is 0.941. The van der Waals surface area contributed by atoms with Gasteiger partial charge in [0.05, 0.1) is 11.3 Å². The van der Waals surface area contributed by atoms with Crippen LogP contribution in [-0.4, -0.2) is 22.5 Å². The Labute approximate surface area is 124 Å². The molecule has 2 rings (SSSR count). The smallest absolute Gasteiger partial charge is 0.263 e. The molecule has 0 aliphatic rings. The molecule has 2 aromatic rings. The summed E-state index contributed by atoms with van der Waals surface area (Å²) in [6.45, 7) is 0. The van der Waals surface area contributed by atoms with Crippen molar-refractivity contribution in [3.05, 3.63) is 54.1 Å². The summed E-state index contributed by atoms with van der Waals surface area (Å²) in [7, 11) is -0.0424. The first-order valence-electron chi connectivity index (χ1n) is 6.23. The fourth-order valence-corrected chi connectivity index (χ4v) is 3.06. The van der Waals surface area contributed by atoms with Crippen LogP contribution in [0.4, 0.5) is 11.4 Å². The molecule has 2 aromatic carbocycles. The van der Waals surface area contributed by atoms with Gasteiger partial charge >= 0.3 is 0 Å². The predicted molar refractivity (Wildman–Crippen MR) is 82.7 cm³/mol. The number of hydrogen-bond donors (Lipinski definition) is 1. The number of hydrogen-bond acceptors (Lipinski definition) is 4. The molecule has 0 amide bonds. The molecule has 108 valence electrons. The lowest BCUT2D eigenvalue weighted by Gasteiger charge is -2.15. The average molecular weight is 301 g/mol. The molecule has 0 fully saturated rings. The molecular formula is C15H15N3O2S. The first kappa shape index (κ1) is 14.9. The fourth-order valence-electron chi connectivity index (χ4n) is 1.85. The summed E-state index contributed by atoms with van der Waals surface area (Å²) < 4.78 is 27.3. The van der Waals surface area contributed by atoms with Crippen LogP contribution in [0.25, 0.3) is 0 Å². The summed E-state index contributed by atoms with van der Waals surface area (Å²) in [5, 5.41) is 9.02. The van der Waals surface area contributed by atoms with Crippen molar-refractivity contribution in [2.45, 2.75) is 4.90 Å². The number of nitrogens with one attached hydrogen (secondary N) is 1. The third kappa shape index (κ3) is 3.33. The van der Waals surface area contributed by atoms with Crippen LogP contribution in [0.15, 0.2) is 53.4 Å². The van der Waals surface area contributed by atoms with E-state index in [1.165, 1.54) is 12.1 Å². The lowest BCUT2D eigenvalue weighted by molar-refractivity contribution is 0.601. The second kappa shape index (κ2) is 5.85. The Kier molecular flexibility index (Phi) is 4.15. The largest absolute Gasteiger partial charge is 0.378 e. The number of benzene rings is 2. The van der Waals surface area contributed by atoms with Crippen molar-refractivity contribution in [3.63, 3.8) is 0 Å². The summed E-state index contributed by atoms with van der Waals surface area (Å²) in [5.41, 5.74) is 1.45. The van der Waals surface area contributed by atoms with E-state index >= 15 is 0 Å². The molecule has 0 aliphatic heterocycles. The van der Waals surface area contributed by atoms with E-state index in [1.807, 2.05) is 31.1 Å². The van der Waals surface area contributed by atoms with Gasteiger partial charge in [-0.05, 0) is 30.3 Å². The molecule has 0 spiro atoms. The van der Waals surface area contributed by atoms with Crippen LogP contribution in [0.5, 0.6) is 0 Å². The van der Waals surface area contributed by atoms with Gasteiger partial charge in [0, 0.05) is 19.8 Å². The van der Waals surface area contributed by atoms with Gasteiger partial charge in [-0.1, -0.05) is 18.2 Å². The maximum absolute atomic E-state index is 12.4. The number of anilines is 2. The standard InChI is InChI=1S/C15H15N3O2S/c1-18(2)14-8-5-7-13(10-14)17-21(19,20)15-9-4-3-6-12(15)11-16/h3-10,17H,1-2H3.